The van der Waals surface area contributed by atoms with Crippen LogP contribution < -0.4 is 0 Å². The highest BCUT2D eigenvalue weighted by Crippen LogP contribution is 2.34. The van der Waals surface area contributed by atoms with Crippen molar-refractivity contribution in [3.63, 3.8) is 0 Å². The van der Waals surface area contributed by atoms with Gasteiger partial charge in [-0.05, 0) is 6.07 Å². The molecule has 0 aromatic heterocycles. The van der Waals surface area contributed by atoms with Crippen molar-refractivity contribution in [3.8, 4) is 0 Å². The van der Waals surface area contributed by atoms with Gasteiger partial charge in [0.05, 0.1) is 17.9 Å². The molecule has 2 heterocycles. The Labute approximate surface area is 76.3 Å². The number of rotatable bonds is 0. The van der Waals surface area contributed by atoms with Crippen LogP contribution in [0.4, 0.5) is 5.69 Å². The van der Waals surface area contributed by atoms with Crippen LogP contribution >= 0.6 is 0 Å². The zero-order chi connectivity index (χ0) is 8.67. The predicted molar refractivity (Wildman–Crippen MR) is 54.9 cm³/mol. The molecule has 0 unspecified atom stereocenters. The molecule has 0 aliphatic carbocycles. The number of fused-ring (bicyclic) bond motifs is 3. The van der Waals surface area contributed by atoms with Crippen LogP contribution in [-0.4, -0.2) is 18.5 Å². The number of nitrogens with zero attached hydrogens (tertiary/aromatic N) is 2. The molecule has 2 heteroatoms. The SMILES string of the molecule is C1=NCC=C2C1=Nc1ccccc12. The standard InChI is InChI=1S/C11H8N2/c1-2-4-10-8(3-1)9-5-6-12-7-11(9)13-10/h1-5,7H,6H2. The number of hydrogen-bond donors (Lipinski definition) is 0. The van der Waals surface area contributed by atoms with Gasteiger partial charge in [-0.15, -0.1) is 0 Å². The van der Waals surface area contributed by atoms with Crippen LogP contribution in [-0.2, 0) is 0 Å². The lowest BCUT2D eigenvalue weighted by Crippen LogP contribution is -2.04. The molecule has 2 aliphatic rings. The second kappa shape index (κ2) is 2.39. The lowest BCUT2D eigenvalue weighted by molar-refractivity contribution is 1.26. The van der Waals surface area contributed by atoms with Crippen molar-refractivity contribution in [2.45, 2.75) is 0 Å². The lowest BCUT2D eigenvalue weighted by Gasteiger charge is -2.03. The maximum Gasteiger partial charge on any atom is 0.0892 e. The van der Waals surface area contributed by atoms with E-state index < -0.39 is 0 Å². The number of aliphatic imine (C=N–C) groups is 2. The van der Waals surface area contributed by atoms with Crippen LogP contribution in [0.5, 0.6) is 0 Å². The molecule has 0 fully saturated rings. The average Bonchev–Trinajstić information content (AvgIpc) is 2.56. The molecule has 1 aromatic rings. The summed E-state index contributed by atoms with van der Waals surface area (Å²) >= 11 is 0. The zero-order valence-electron chi connectivity index (χ0n) is 7.07. The van der Waals surface area contributed by atoms with Gasteiger partial charge in [-0.3, -0.25) is 4.99 Å². The summed E-state index contributed by atoms with van der Waals surface area (Å²) in [5.41, 5.74) is 4.55. The highest BCUT2D eigenvalue weighted by atomic mass is 14.8. The smallest absolute Gasteiger partial charge is 0.0892 e. The van der Waals surface area contributed by atoms with E-state index in [1.807, 2.05) is 24.4 Å². The summed E-state index contributed by atoms with van der Waals surface area (Å²) in [5, 5.41) is 0. The first-order valence-electron chi connectivity index (χ1n) is 4.33. The minimum absolute atomic E-state index is 0.780. The molecule has 0 saturated carbocycles. The van der Waals surface area contributed by atoms with Gasteiger partial charge in [0.15, 0.2) is 0 Å². The van der Waals surface area contributed by atoms with Crippen molar-refractivity contribution in [2.75, 3.05) is 6.54 Å². The predicted octanol–water partition coefficient (Wildman–Crippen LogP) is 2.24. The van der Waals surface area contributed by atoms with Crippen LogP contribution in [0.1, 0.15) is 5.56 Å². The second-order valence-corrected chi connectivity index (χ2v) is 3.13. The topological polar surface area (TPSA) is 24.7 Å². The van der Waals surface area contributed by atoms with E-state index in [1.165, 1.54) is 11.1 Å². The molecule has 0 spiro atoms. The Hall–Kier alpha value is -1.70. The summed E-state index contributed by atoms with van der Waals surface area (Å²) in [5.74, 6) is 0. The Balaban J connectivity index is 2.26. The van der Waals surface area contributed by atoms with Gasteiger partial charge in [0.2, 0.25) is 0 Å². The summed E-state index contributed by atoms with van der Waals surface area (Å²) in [6.45, 7) is 0.780. The van der Waals surface area contributed by atoms with Gasteiger partial charge in [-0.1, -0.05) is 24.3 Å². The highest BCUT2D eigenvalue weighted by molar-refractivity contribution is 6.53. The van der Waals surface area contributed by atoms with Gasteiger partial charge in [-0.2, -0.15) is 0 Å². The molecule has 0 atom stereocenters. The Morgan fingerprint density at radius 2 is 2.08 bits per heavy atom. The van der Waals surface area contributed by atoms with E-state index in [2.05, 4.69) is 22.1 Å². The molecule has 13 heavy (non-hydrogen) atoms. The first kappa shape index (κ1) is 6.78. The molecule has 0 saturated heterocycles. The minimum atomic E-state index is 0.780. The largest absolute Gasteiger partial charge is 0.287 e. The van der Waals surface area contributed by atoms with E-state index in [1.54, 1.807) is 0 Å². The lowest BCUT2D eigenvalue weighted by atomic mass is 10.0. The van der Waals surface area contributed by atoms with Crippen molar-refractivity contribution in [1.29, 1.82) is 0 Å². The van der Waals surface area contributed by atoms with E-state index in [-0.39, 0.29) is 0 Å². The summed E-state index contributed by atoms with van der Waals surface area (Å²) < 4.78 is 0. The number of para-hydroxylation sites is 1. The van der Waals surface area contributed by atoms with Gasteiger partial charge >= 0.3 is 0 Å². The maximum absolute atomic E-state index is 4.47. The number of allylic oxidation sites excluding steroid dienone is 1. The Morgan fingerprint density at radius 3 is 3.08 bits per heavy atom. The fourth-order valence-corrected chi connectivity index (χ4v) is 1.72. The van der Waals surface area contributed by atoms with Gasteiger partial charge in [0, 0.05) is 17.4 Å². The van der Waals surface area contributed by atoms with Crippen LogP contribution in [0.3, 0.4) is 0 Å². The van der Waals surface area contributed by atoms with Crippen molar-refractivity contribution in [2.24, 2.45) is 9.98 Å². The van der Waals surface area contributed by atoms with Crippen LogP contribution in [0.2, 0.25) is 0 Å². The van der Waals surface area contributed by atoms with E-state index in [9.17, 15) is 0 Å². The Bertz CT molecular complexity index is 453. The van der Waals surface area contributed by atoms with Gasteiger partial charge in [-0.25, -0.2) is 4.99 Å². The van der Waals surface area contributed by atoms with Crippen molar-refractivity contribution >= 4 is 23.2 Å². The molecule has 0 N–H and O–H groups in total. The Morgan fingerprint density at radius 1 is 1.15 bits per heavy atom. The summed E-state index contributed by atoms with van der Waals surface area (Å²) in [6, 6.07) is 8.20. The Kier molecular flexibility index (Phi) is 1.25. The van der Waals surface area contributed by atoms with E-state index in [4.69, 9.17) is 0 Å². The van der Waals surface area contributed by atoms with E-state index >= 15 is 0 Å². The molecular weight excluding hydrogens is 160 g/mol. The first-order valence-corrected chi connectivity index (χ1v) is 4.33. The second-order valence-electron chi connectivity index (χ2n) is 3.13. The molecule has 3 rings (SSSR count). The molecule has 2 aliphatic heterocycles. The zero-order valence-corrected chi connectivity index (χ0v) is 7.07. The number of benzene rings is 1. The number of hydrogen-bond acceptors (Lipinski definition) is 2. The molecule has 1 aromatic carbocycles. The quantitative estimate of drug-likeness (QED) is 0.567. The summed E-state index contributed by atoms with van der Waals surface area (Å²) in [4.78, 5) is 8.64. The fourth-order valence-electron chi connectivity index (χ4n) is 1.72. The van der Waals surface area contributed by atoms with E-state index in [0.717, 1.165) is 17.9 Å². The minimum Gasteiger partial charge on any atom is -0.287 e. The summed E-state index contributed by atoms with van der Waals surface area (Å²) in [7, 11) is 0. The average molecular weight is 168 g/mol. The molecule has 0 amide bonds. The van der Waals surface area contributed by atoms with Crippen LogP contribution in [0.25, 0.3) is 5.57 Å². The third kappa shape index (κ3) is 0.886. The third-order valence-electron chi connectivity index (χ3n) is 2.33. The monoisotopic (exact) mass is 168 g/mol. The van der Waals surface area contributed by atoms with E-state index in [0.29, 0.717) is 0 Å². The molecule has 2 nitrogen and oxygen atoms in total. The number of dihydropyridines is 1. The molecule has 62 valence electrons. The maximum atomic E-state index is 4.47. The molecular formula is C11H8N2. The summed E-state index contributed by atoms with van der Waals surface area (Å²) in [6.07, 6.45) is 3.99. The van der Waals surface area contributed by atoms with Gasteiger partial charge in [0.25, 0.3) is 0 Å². The van der Waals surface area contributed by atoms with Crippen molar-refractivity contribution in [3.05, 3.63) is 35.9 Å². The first-order chi connectivity index (χ1) is 6.45. The fraction of sp³-hybridized carbons (Fsp3) is 0.0909. The highest BCUT2D eigenvalue weighted by Gasteiger charge is 2.19. The molecule has 0 bridgehead atoms. The molecule has 0 radical (unpaired) electrons. The normalized spacial score (nSPS) is 17.5. The van der Waals surface area contributed by atoms with Gasteiger partial charge < -0.3 is 0 Å². The van der Waals surface area contributed by atoms with Crippen LogP contribution in [0.15, 0.2) is 40.3 Å². The van der Waals surface area contributed by atoms with Crippen molar-refractivity contribution in [1.82, 2.24) is 0 Å². The van der Waals surface area contributed by atoms with Crippen LogP contribution in [0, 0.1) is 0 Å². The van der Waals surface area contributed by atoms with Gasteiger partial charge in [0.1, 0.15) is 0 Å². The third-order valence-corrected chi connectivity index (χ3v) is 2.33. The van der Waals surface area contributed by atoms with Crippen molar-refractivity contribution < 1.29 is 0 Å².